The fourth-order valence-electron chi connectivity index (χ4n) is 0.907. The molecule has 3 heteroatoms. The van der Waals surface area contributed by atoms with Crippen LogP contribution < -0.4 is 0 Å². The molecule has 0 saturated carbocycles. The maximum atomic E-state index is 10.9. The van der Waals surface area contributed by atoms with Crippen LogP contribution in [0.1, 0.15) is 18.7 Å². The number of carbonyl (C=O) groups excluding carboxylic acids is 1. The predicted octanol–water partition coefficient (Wildman–Crippen LogP) is 3.28. The van der Waals surface area contributed by atoms with Crippen molar-refractivity contribution in [2.75, 3.05) is 0 Å². The van der Waals surface area contributed by atoms with Crippen molar-refractivity contribution in [3.8, 4) is 0 Å². The molecule has 1 unspecified atom stereocenters. The van der Waals surface area contributed by atoms with Gasteiger partial charge in [-0.2, -0.15) is 0 Å². The quantitative estimate of drug-likeness (QED) is 0.801. The van der Waals surface area contributed by atoms with E-state index in [9.17, 15) is 4.79 Å². The Hall–Kier alpha value is -0.150. The number of thiophene rings is 1. The molecule has 1 heterocycles. The minimum absolute atomic E-state index is 0.149. The van der Waals surface area contributed by atoms with Crippen LogP contribution in [0.25, 0.3) is 0 Å². The van der Waals surface area contributed by atoms with Crippen LogP contribution in [0.4, 0.5) is 0 Å². The van der Waals surface area contributed by atoms with Crippen molar-refractivity contribution in [3.63, 3.8) is 0 Å². The molecule has 0 aromatic carbocycles. The van der Waals surface area contributed by atoms with Crippen LogP contribution in [-0.4, -0.2) is 5.78 Å². The van der Waals surface area contributed by atoms with E-state index in [1.54, 1.807) is 18.3 Å². The molecule has 0 amide bonds. The van der Waals surface area contributed by atoms with Crippen molar-refractivity contribution in [3.05, 3.63) is 20.8 Å². The van der Waals surface area contributed by atoms with Gasteiger partial charge in [0.15, 0.2) is 0 Å². The number of halogens is 1. The lowest BCUT2D eigenvalue weighted by Crippen LogP contribution is -2.08. The van der Waals surface area contributed by atoms with Crippen LogP contribution in [0.15, 0.2) is 15.9 Å². The molecule has 1 rings (SSSR count). The lowest BCUT2D eigenvalue weighted by molar-refractivity contribution is -0.120. The third-order valence-electron chi connectivity index (χ3n) is 1.83. The van der Waals surface area contributed by atoms with Gasteiger partial charge in [-0.05, 0) is 41.4 Å². The van der Waals surface area contributed by atoms with Gasteiger partial charge in [0.05, 0.1) is 3.79 Å². The van der Waals surface area contributed by atoms with Gasteiger partial charge in [-0.3, -0.25) is 4.79 Å². The molecule has 0 spiro atoms. The summed E-state index contributed by atoms with van der Waals surface area (Å²) in [5.74, 6) is 0.412. The normalized spacial score (nSPS) is 12.9. The monoisotopic (exact) mass is 246 g/mol. The molecule has 0 fully saturated rings. The van der Waals surface area contributed by atoms with E-state index in [4.69, 9.17) is 0 Å². The summed E-state index contributed by atoms with van der Waals surface area (Å²) >= 11 is 5.09. The van der Waals surface area contributed by atoms with Gasteiger partial charge in [0.2, 0.25) is 0 Å². The molecule has 0 saturated heterocycles. The van der Waals surface area contributed by atoms with Gasteiger partial charge in [0, 0.05) is 10.8 Å². The highest BCUT2D eigenvalue weighted by molar-refractivity contribution is 9.11. The van der Waals surface area contributed by atoms with Crippen LogP contribution in [0.5, 0.6) is 0 Å². The van der Waals surface area contributed by atoms with Crippen LogP contribution >= 0.6 is 27.3 Å². The fraction of sp³-hybridized carbons (Fsp3) is 0.444. The number of hydrogen-bond donors (Lipinski definition) is 0. The summed E-state index contributed by atoms with van der Waals surface area (Å²) in [6, 6.07) is 4.08. The second-order valence-corrected chi connectivity index (χ2v) is 5.47. The van der Waals surface area contributed by atoms with Gasteiger partial charge in [0.1, 0.15) is 5.78 Å². The number of rotatable bonds is 3. The molecule has 0 aliphatic rings. The molecule has 0 bridgehead atoms. The highest BCUT2D eigenvalue weighted by Crippen LogP contribution is 2.24. The highest BCUT2D eigenvalue weighted by Gasteiger charge is 2.09. The molecule has 1 atom stereocenters. The van der Waals surface area contributed by atoms with Crippen LogP contribution in [0.3, 0.4) is 0 Å². The minimum Gasteiger partial charge on any atom is -0.300 e. The molecular formula is C9H11BrOS. The van der Waals surface area contributed by atoms with Gasteiger partial charge in [-0.1, -0.05) is 6.92 Å². The Balaban J connectivity index is 2.58. The van der Waals surface area contributed by atoms with E-state index in [0.29, 0.717) is 0 Å². The van der Waals surface area contributed by atoms with Crippen molar-refractivity contribution >= 4 is 33.0 Å². The first-order valence-corrected chi connectivity index (χ1v) is 5.45. The van der Waals surface area contributed by atoms with Crippen molar-refractivity contribution < 1.29 is 4.79 Å². The Morgan fingerprint density at radius 3 is 2.75 bits per heavy atom. The molecule has 1 aromatic rings. The summed E-state index contributed by atoms with van der Waals surface area (Å²) in [4.78, 5) is 12.2. The predicted molar refractivity (Wildman–Crippen MR) is 55.6 cm³/mol. The Morgan fingerprint density at radius 1 is 1.67 bits per heavy atom. The van der Waals surface area contributed by atoms with Crippen molar-refractivity contribution in [1.29, 1.82) is 0 Å². The zero-order chi connectivity index (χ0) is 9.14. The number of hydrogen-bond acceptors (Lipinski definition) is 2. The van der Waals surface area contributed by atoms with E-state index in [1.807, 2.05) is 13.0 Å². The van der Waals surface area contributed by atoms with Gasteiger partial charge in [-0.15, -0.1) is 11.3 Å². The summed E-state index contributed by atoms with van der Waals surface area (Å²) in [6.07, 6.45) is 0.867. The van der Waals surface area contributed by atoms with Crippen LogP contribution in [-0.2, 0) is 11.2 Å². The van der Waals surface area contributed by atoms with E-state index in [0.717, 1.165) is 10.2 Å². The minimum atomic E-state index is 0.149. The summed E-state index contributed by atoms with van der Waals surface area (Å²) in [6.45, 7) is 3.61. The van der Waals surface area contributed by atoms with Gasteiger partial charge >= 0.3 is 0 Å². The molecule has 66 valence electrons. The fourth-order valence-corrected chi connectivity index (χ4v) is 2.52. The second-order valence-electron chi connectivity index (χ2n) is 2.92. The number of ketones is 1. The first kappa shape index (κ1) is 9.93. The van der Waals surface area contributed by atoms with Gasteiger partial charge < -0.3 is 0 Å². The SMILES string of the molecule is CC(=O)C(C)Cc1ccc(Br)s1. The summed E-state index contributed by atoms with van der Waals surface area (Å²) < 4.78 is 1.13. The topological polar surface area (TPSA) is 17.1 Å². The highest BCUT2D eigenvalue weighted by atomic mass is 79.9. The molecular weight excluding hydrogens is 236 g/mol. The molecule has 1 nitrogen and oxygen atoms in total. The zero-order valence-corrected chi connectivity index (χ0v) is 9.54. The Kier molecular flexibility index (Phi) is 3.47. The maximum absolute atomic E-state index is 10.9. The zero-order valence-electron chi connectivity index (χ0n) is 7.13. The van der Waals surface area contributed by atoms with Gasteiger partial charge in [0.25, 0.3) is 0 Å². The first-order valence-electron chi connectivity index (χ1n) is 3.84. The molecule has 12 heavy (non-hydrogen) atoms. The number of Topliss-reactive ketones (excluding diaryl/α,β-unsaturated/α-hetero) is 1. The summed E-state index contributed by atoms with van der Waals surface area (Å²) in [7, 11) is 0. The summed E-state index contributed by atoms with van der Waals surface area (Å²) in [5.41, 5.74) is 0. The standard InChI is InChI=1S/C9H11BrOS/c1-6(7(2)11)5-8-3-4-9(10)12-8/h3-4,6H,5H2,1-2H3. The van der Waals surface area contributed by atoms with Crippen molar-refractivity contribution in [2.45, 2.75) is 20.3 Å². The van der Waals surface area contributed by atoms with Gasteiger partial charge in [-0.25, -0.2) is 0 Å². The average molecular weight is 247 g/mol. The molecule has 1 aromatic heterocycles. The lowest BCUT2D eigenvalue weighted by Gasteiger charge is -2.03. The molecule has 0 aliphatic carbocycles. The summed E-state index contributed by atoms with van der Waals surface area (Å²) in [5, 5.41) is 0. The second kappa shape index (κ2) is 4.19. The third-order valence-corrected chi connectivity index (χ3v) is 3.48. The van der Waals surface area contributed by atoms with E-state index in [2.05, 4.69) is 22.0 Å². The molecule has 0 radical (unpaired) electrons. The van der Waals surface area contributed by atoms with Crippen molar-refractivity contribution in [2.24, 2.45) is 5.92 Å². The first-order chi connectivity index (χ1) is 5.59. The lowest BCUT2D eigenvalue weighted by atomic mass is 10.0. The van der Waals surface area contributed by atoms with E-state index in [1.165, 1.54) is 4.88 Å². The Bertz CT molecular complexity index is 280. The van der Waals surface area contributed by atoms with E-state index in [-0.39, 0.29) is 11.7 Å². The van der Waals surface area contributed by atoms with E-state index < -0.39 is 0 Å². The average Bonchev–Trinajstić information content (AvgIpc) is 2.35. The number of carbonyl (C=O) groups is 1. The van der Waals surface area contributed by atoms with Crippen molar-refractivity contribution in [1.82, 2.24) is 0 Å². The third kappa shape index (κ3) is 2.72. The smallest absolute Gasteiger partial charge is 0.132 e. The van der Waals surface area contributed by atoms with E-state index >= 15 is 0 Å². The molecule has 0 N–H and O–H groups in total. The van der Waals surface area contributed by atoms with Crippen LogP contribution in [0, 0.1) is 5.92 Å². The Morgan fingerprint density at radius 2 is 2.33 bits per heavy atom. The van der Waals surface area contributed by atoms with Crippen LogP contribution in [0.2, 0.25) is 0 Å². The molecule has 0 aliphatic heterocycles. The maximum Gasteiger partial charge on any atom is 0.132 e. The Labute approximate surface area is 84.9 Å². The largest absolute Gasteiger partial charge is 0.300 e.